The lowest BCUT2D eigenvalue weighted by atomic mass is 10.3. The fourth-order valence-electron chi connectivity index (χ4n) is 1.49. The molecule has 2 rings (SSSR count). The van der Waals surface area contributed by atoms with Crippen molar-refractivity contribution in [2.24, 2.45) is 0 Å². The molecule has 0 radical (unpaired) electrons. The Morgan fingerprint density at radius 2 is 1.95 bits per heavy atom. The molecule has 0 aliphatic carbocycles. The number of sulfonamides is 1. The number of carboxylic acid groups (broad SMARTS) is 1. The lowest BCUT2D eigenvalue weighted by molar-refractivity contribution is -0.136. The molecule has 0 amide bonds. The lowest BCUT2D eigenvalue weighted by Gasteiger charge is -2.07. The monoisotopic (exact) mass is 423 g/mol. The van der Waals surface area contributed by atoms with Crippen molar-refractivity contribution in [3.8, 4) is 0 Å². The molecule has 0 spiro atoms. The molecular weight excluding hydrogens is 413 g/mol. The molecule has 1 aromatic carbocycles. The van der Waals surface area contributed by atoms with Gasteiger partial charge in [0.05, 0.1) is 12.1 Å². The van der Waals surface area contributed by atoms with Crippen LogP contribution >= 0.6 is 33.9 Å². The molecule has 1 aromatic heterocycles. The molecule has 2 N–H and O–H groups in total. The maximum Gasteiger partial charge on any atom is 0.308 e. The van der Waals surface area contributed by atoms with E-state index >= 15 is 0 Å². The Hall–Kier alpha value is -1.13. The van der Waals surface area contributed by atoms with Crippen molar-refractivity contribution in [1.82, 2.24) is 0 Å². The molecule has 1 heterocycles. The van der Waals surface area contributed by atoms with E-state index in [4.69, 9.17) is 5.11 Å². The number of thiophene rings is 1. The second kappa shape index (κ2) is 6.10. The fraction of sp³-hybridized carbons (Fsp3) is 0.0833. The van der Waals surface area contributed by atoms with Crippen LogP contribution in [0.15, 0.2) is 40.6 Å². The Labute approximate surface area is 133 Å². The Bertz CT molecular complexity index is 739. The van der Waals surface area contributed by atoms with Crippen molar-refractivity contribution in [2.75, 3.05) is 4.72 Å². The number of nitrogens with one attached hydrogen (secondary N) is 1. The van der Waals surface area contributed by atoms with E-state index in [2.05, 4.69) is 4.72 Å². The molecule has 0 saturated heterocycles. The van der Waals surface area contributed by atoms with Gasteiger partial charge in [-0.3, -0.25) is 9.52 Å². The summed E-state index contributed by atoms with van der Waals surface area (Å²) >= 11 is 3.00. The third-order valence-electron chi connectivity index (χ3n) is 2.35. The van der Waals surface area contributed by atoms with Crippen LogP contribution in [0.25, 0.3) is 0 Å². The molecule has 0 fully saturated rings. The van der Waals surface area contributed by atoms with Gasteiger partial charge in [0, 0.05) is 8.45 Å². The molecule has 8 heteroatoms. The number of para-hydroxylation sites is 1. The van der Waals surface area contributed by atoms with Crippen LogP contribution in [0.2, 0.25) is 0 Å². The second-order valence-electron chi connectivity index (χ2n) is 3.88. The zero-order valence-electron chi connectivity index (χ0n) is 10.0. The molecule has 0 aliphatic rings. The van der Waals surface area contributed by atoms with Gasteiger partial charge in [0.15, 0.2) is 0 Å². The summed E-state index contributed by atoms with van der Waals surface area (Å²) in [6.45, 7) is 0. The summed E-state index contributed by atoms with van der Waals surface area (Å²) in [6.07, 6.45) is -0.178. The van der Waals surface area contributed by atoms with Crippen molar-refractivity contribution in [3.05, 3.63) is 44.8 Å². The smallest absolute Gasteiger partial charge is 0.308 e. The fourth-order valence-corrected chi connectivity index (χ4v) is 4.62. The van der Waals surface area contributed by atoms with E-state index in [1.165, 1.54) is 12.1 Å². The van der Waals surface area contributed by atoms with Gasteiger partial charge in [-0.15, -0.1) is 11.3 Å². The van der Waals surface area contributed by atoms with Gasteiger partial charge in [0.2, 0.25) is 0 Å². The number of hydrogen-bond donors (Lipinski definition) is 2. The minimum Gasteiger partial charge on any atom is -0.481 e. The van der Waals surface area contributed by atoms with Gasteiger partial charge in [-0.05, 0) is 46.9 Å². The van der Waals surface area contributed by atoms with E-state index in [0.29, 0.717) is 10.6 Å². The minimum atomic E-state index is -3.68. The summed E-state index contributed by atoms with van der Waals surface area (Å²) in [4.78, 5) is 11.1. The highest BCUT2D eigenvalue weighted by Gasteiger charge is 2.18. The average molecular weight is 423 g/mol. The number of rotatable bonds is 5. The largest absolute Gasteiger partial charge is 0.481 e. The number of carbonyl (C=O) groups is 1. The van der Waals surface area contributed by atoms with Crippen molar-refractivity contribution >= 4 is 55.6 Å². The topological polar surface area (TPSA) is 83.5 Å². The Balaban J connectivity index is 2.25. The Kier molecular flexibility index (Phi) is 4.66. The van der Waals surface area contributed by atoms with Gasteiger partial charge in [0.25, 0.3) is 10.0 Å². The zero-order chi connectivity index (χ0) is 14.8. The van der Waals surface area contributed by atoms with Crippen LogP contribution in [0.1, 0.15) is 4.88 Å². The number of hydrogen-bond acceptors (Lipinski definition) is 4. The van der Waals surface area contributed by atoms with Crippen LogP contribution in [-0.4, -0.2) is 19.5 Å². The van der Waals surface area contributed by atoms with Crippen molar-refractivity contribution in [1.29, 1.82) is 0 Å². The van der Waals surface area contributed by atoms with Crippen LogP contribution in [0.4, 0.5) is 5.69 Å². The predicted molar refractivity (Wildman–Crippen MR) is 85.6 cm³/mol. The van der Waals surface area contributed by atoms with Gasteiger partial charge < -0.3 is 5.11 Å². The highest BCUT2D eigenvalue weighted by Crippen LogP contribution is 2.26. The summed E-state index contributed by atoms with van der Waals surface area (Å²) in [5.74, 6) is -0.985. The minimum absolute atomic E-state index is 0.105. The summed E-state index contributed by atoms with van der Waals surface area (Å²) < 4.78 is 27.8. The van der Waals surface area contributed by atoms with Crippen LogP contribution in [0.3, 0.4) is 0 Å². The molecule has 0 unspecified atom stereocenters. The third-order valence-corrected chi connectivity index (χ3v) is 6.23. The Morgan fingerprint density at radius 1 is 1.25 bits per heavy atom. The first-order chi connectivity index (χ1) is 9.38. The number of benzene rings is 1. The molecule has 2 aromatic rings. The highest BCUT2D eigenvalue weighted by molar-refractivity contribution is 14.1. The standard InChI is InChI=1S/C12H10INO4S2/c13-9-3-1-2-4-10(9)14-20(17,18)12-6-5-8(19-12)7-11(15)16/h1-6,14H,7H2,(H,15,16). The molecule has 0 aliphatic heterocycles. The van der Waals surface area contributed by atoms with E-state index in [0.717, 1.165) is 14.9 Å². The lowest BCUT2D eigenvalue weighted by Crippen LogP contribution is -2.12. The van der Waals surface area contributed by atoms with Gasteiger partial charge >= 0.3 is 5.97 Å². The van der Waals surface area contributed by atoms with E-state index in [9.17, 15) is 13.2 Å². The number of halogens is 1. The van der Waals surface area contributed by atoms with Gasteiger partial charge in [-0.1, -0.05) is 12.1 Å². The van der Waals surface area contributed by atoms with Gasteiger partial charge in [-0.25, -0.2) is 8.42 Å². The first kappa shape index (κ1) is 15.3. The highest BCUT2D eigenvalue weighted by atomic mass is 127. The summed E-state index contributed by atoms with van der Waals surface area (Å²) in [6, 6.07) is 9.96. The Morgan fingerprint density at radius 3 is 2.60 bits per heavy atom. The molecule has 106 valence electrons. The first-order valence-corrected chi connectivity index (χ1v) is 8.84. The van der Waals surface area contributed by atoms with Crippen molar-refractivity contribution in [2.45, 2.75) is 10.6 Å². The van der Waals surface area contributed by atoms with Gasteiger partial charge in [0.1, 0.15) is 4.21 Å². The van der Waals surface area contributed by atoms with Crippen molar-refractivity contribution in [3.63, 3.8) is 0 Å². The number of anilines is 1. The van der Waals surface area contributed by atoms with E-state index in [1.807, 2.05) is 28.7 Å². The molecule has 20 heavy (non-hydrogen) atoms. The number of aliphatic carboxylic acids is 1. The molecule has 0 atom stereocenters. The van der Waals surface area contributed by atoms with E-state index < -0.39 is 16.0 Å². The molecule has 0 saturated carbocycles. The summed E-state index contributed by atoms with van der Waals surface area (Å²) in [5, 5.41) is 8.69. The van der Waals surface area contributed by atoms with Gasteiger partial charge in [-0.2, -0.15) is 0 Å². The zero-order valence-corrected chi connectivity index (χ0v) is 13.8. The normalized spacial score (nSPS) is 11.2. The van der Waals surface area contributed by atoms with Crippen LogP contribution in [0, 0.1) is 3.57 Å². The molecule has 5 nitrogen and oxygen atoms in total. The van der Waals surface area contributed by atoms with Crippen LogP contribution < -0.4 is 4.72 Å². The summed E-state index contributed by atoms with van der Waals surface area (Å²) in [5.41, 5.74) is 0.501. The third kappa shape index (κ3) is 3.70. The SMILES string of the molecule is O=C(O)Cc1ccc(S(=O)(=O)Nc2ccccc2I)s1. The van der Waals surface area contributed by atoms with Crippen LogP contribution in [-0.2, 0) is 21.2 Å². The second-order valence-corrected chi connectivity index (χ2v) is 8.12. The molecular formula is C12H10INO4S2. The van der Waals surface area contributed by atoms with E-state index in [1.54, 1.807) is 18.2 Å². The number of carboxylic acids is 1. The molecule has 0 bridgehead atoms. The first-order valence-electron chi connectivity index (χ1n) is 5.46. The van der Waals surface area contributed by atoms with E-state index in [-0.39, 0.29) is 10.6 Å². The maximum absolute atomic E-state index is 12.2. The maximum atomic E-state index is 12.2. The average Bonchev–Trinajstić information content (AvgIpc) is 2.80. The summed E-state index contributed by atoms with van der Waals surface area (Å²) in [7, 11) is -3.68. The predicted octanol–water partition coefficient (Wildman–Crippen LogP) is 2.78. The van der Waals surface area contributed by atoms with Crippen molar-refractivity contribution < 1.29 is 18.3 Å². The van der Waals surface area contributed by atoms with Crippen LogP contribution in [0.5, 0.6) is 0 Å². The quantitative estimate of drug-likeness (QED) is 0.725.